The molecule has 19 heavy (non-hydrogen) atoms. The average Bonchev–Trinajstić information content (AvgIpc) is 2.41. The number of benzene rings is 2. The molecule has 2 aromatic carbocycles. The zero-order valence-electron chi connectivity index (χ0n) is 10.8. The summed E-state index contributed by atoms with van der Waals surface area (Å²) in [4.78, 5) is 11.7. The summed E-state index contributed by atoms with van der Waals surface area (Å²) < 4.78 is 0. The fourth-order valence-electron chi connectivity index (χ4n) is 1.74. The minimum atomic E-state index is -0.264. The highest BCUT2D eigenvalue weighted by atomic mass is 16.2. The SMILES string of the molecule is Cc1ccc(NC(=O)NCc2ccccc2)c(N)c1. The largest absolute Gasteiger partial charge is 0.397 e. The molecule has 98 valence electrons. The molecule has 0 bridgehead atoms. The van der Waals surface area contributed by atoms with Gasteiger partial charge in [-0.2, -0.15) is 0 Å². The molecule has 2 rings (SSSR count). The van der Waals surface area contributed by atoms with Gasteiger partial charge in [0.2, 0.25) is 0 Å². The van der Waals surface area contributed by atoms with E-state index in [1.165, 1.54) is 0 Å². The van der Waals surface area contributed by atoms with Crippen molar-refractivity contribution < 1.29 is 4.79 Å². The molecule has 0 spiro atoms. The summed E-state index contributed by atoms with van der Waals surface area (Å²) in [5.41, 5.74) is 9.13. The first kappa shape index (κ1) is 13.0. The highest BCUT2D eigenvalue weighted by Crippen LogP contribution is 2.19. The smallest absolute Gasteiger partial charge is 0.319 e. The molecular formula is C15H17N3O. The quantitative estimate of drug-likeness (QED) is 0.738. The molecule has 0 fully saturated rings. The van der Waals surface area contributed by atoms with Crippen LogP contribution in [0.25, 0.3) is 0 Å². The summed E-state index contributed by atoms with van der Waals surface area (Å²) in [6.45, 7) is 2.44. The summed E-state index contributed by atoms with van der Waals surface area (Å²) in [5.74, 6) is 0. The van der Waals surface area contributed by atoms with Gasteiger partial charge in [0.15, 0.2) is 0 Å². The third kappa shape index (κ3) is 3.74. The van der Waals surface area contributed by atoms with E-state index in [0.29, 0.717) is 17.9 Å². The van der Waals surface area contributed by atoms with E-state index in [9.17, 15) is 4.79 Å². The van der Waals surface area contributed by atoms with Crippen molar-refractivity contribution in [2.45, 2.75) is 13.5 Å². The van der Waals surface area contributed by atoms with E-state index in [0.717, 1.165) is 11.1 Å². The number of anilines is 2. The van der Waals surface area contributed by atoms with Gasteiger partial charge in [0.1, 0.15) is 0 Å². The fourth-order valence-corrected chi connectivity index (χ4v) is 1.74. The second-order valence-corrected chi connectivity index (χ2v) is 4.38. The van der Waals surface area contributed by atoms with Crippen LogP contribution in [0, 0.1) is 6.92 Å². The van der Waals surface area contributed by atoms with Crippen LogP contribution in [-0.4, -0.2) is 6.03 Å². The molecule has 4 heteroatoms. The van der Waals surface area contributed by atoms with E-state index in [2.05, 4.69) is 10.6 Å². The van der Waals surface area contributed by atoms with Crippen LogP contribution in [0.5, 0.6) is 0 Å². The van der Waals surface area contributed by atoms with Gasteiger partial charge in [0.05, 0.1) is 11.4 Å². The van der Waals surface area contributed by atoms with Gasteiger partial charge in [-0.05, 0) is 30.2 Å². The van der Waals surface area contributed by atoms with E-state index in [-0.39, 0.29) is 6.03 Å². The van der Waals surface area contributed by atoms with Gasteiger partial charge in [-0.15, -0.1) is 0 Å². The molecule has 0 aliphatic carbocycles. The van der Waals surface area contributed by atoms with Crippen LogP contribution in [0.3, 0.4) is 0 Å². The first-order chi connectivity index (χ1) is 9.15. The maximum atomic E-state index is 11.7. The van der Waals surface area contributed by atoms with E-state index in [1.807, 2.05) is 49.4 Å². The monoisotopic (exact) mass is 255 g/mol. The number of carbonyl (C=O) groups is 1. The van der Waals surface area contributed by atoms with Crippen molar-refractivity contribution in [3.8, 4) is 0 Å². The van der Waals surface area contributed by atoms with Crippen molar-refractivity contribution in [3.05, 3.63) is 59.7 Å². The Morgan fingerprint density at radius 1 is 1.16 bits per heavy atom. The van der Waals surface area contributed by atoms with Gasteiger partial charge in [0, 0.05) is 6.54 Å². The van der Waals surface area contributed by atoms with Crippen LogP contribution in [0.4, 0.5) is 16.2 Å². The van der Waals surface area contributed by atoms with Crippen molar-refractivity contribution in [3.63, 3.8) is 0 Å². The van der Waals surface area contributed by atoms with E-state index >= 15 is 0 Å². The predicted octanol–water partition coefficient (Wildman–Crippen LogP) is 2.90. The highest BCUT2D eigenvalue weighted by Gasteiger charge is 2.04. The van der Waals surface area contributed by atoms with Crippen molar-refractivity contribution in [1.82, 2.24) is 5.32 Å². The average molecular weight is 255 g/mol. The lowest BCUT2D eigenvalue weighted by molar-refractivity contribution is 0.252. The molecule has 0 radical (unpaired) electrons. The van der Waals surface area contributed by atoms with E-state index in [1.54, 1.807) is 6.07 Å². The zero-order valence-corrected chi connectivity index (χ0v) is 10.8. The maximum absolute atomic E-state index is 11.7. The minimum Gasteiger partial charge on any atom is -0.397 e. The second kappa shape index (κ2) is 5.91. The lowest BCUT2D eigenvalue weighted by atomic mass is 10.2. The number of amides is 2. The lowest BCUT2D eigenvalue weighted by Gasteiger charge is -2.10. The number of urea groups is 1. The normalized spacial score (nSPS) is 9.95. The van der Waals surface area contributed by atoms with Crippen LogP contribution in [0.15, 0.2) is 48.5 Å². The highest BCUT2D eigenvalue weighted by molar-refractivity contribution is 5.92. The van der Waals surface area contributed by atoms with E-state index < -0.39 is 0 Å². The third-order valence-electron chi connectivity index (χ3n) is 2.75. The summed E-state index contributed by atoms with van der Waals surface area (Å²) >= 11 is 0. The molecule has 4 N–H and O–H groups in total. The molecule has 0 saturated carbocycles. The first-order valence-corrected chi connectivity index (χ1v) is 6.10. The fraction of sp³-hybridized carbons (Fsp3) is 0.133. The number of hydrogen-bond acceptors (Lipinski definition) is 2. The van der Waals surface area contributed by atoms with E-state index in [4.69, 9.17) is 5.73 Å². The Morgan fingerprint density at radius 2 is 1.89 bits per heavy atom. The number of rotatable bonds is 3. The van der Waals surface area contributed by atoms with Gasteiger partial charge in [-0.3, -0.25) is 0 Å². The predicted molar refractivity (Wildman–Crippen MR) is 77.9 cm³/mol. The molecule has 0 aromatic heterocycles. The number of nitrogens with one attached hydrogen (secondary N) is 2. The molecule has 0 heterocycles. The number of nitrogens with two attached hydrogens (primary N) is 1. The first-order valence-electron chi connectivity index (χ1n) is 6.10. The Bertz CT molecular complexity index is 567. The summed E-state index contributed by atoms with van der Waals surface area (Å²) in [5, 5.41) is 5.52. The molecule has 0 atom stereocenters. The summed E-state index contributed by atoms with van der Waals surface area (Å²) in [6, 6.07) is 15.0. The molecule has 4 nitrogen and oxygen atoms in total. The minimum absolute atomic E-state index is 0.264. The molecule has 2 aromatic rings. The maximum Gasteiger partial charge on any atom is 0.319 e. The van der Waals surface area contributed by atoms with Gasteiger partial charge in [-0.1, -0.05) is 36.4 Å². The standard InChI is InChI=1S/C15H17N3O/c1-11-7-8-14(13(16)9-11)18-15(19)17-10-12-5-3-2-4-6-12/h2-9H,10,16H2,1H3,(H2,17,18,19). The number of aryl methyl sites for hydroxylation is 1. The molecule has 0 unspecified atom stereocenters. The van der Waals surface area contributed by atoms with Crippen LogP contribution >= 0.6 is 0 Å². The topological polar surface area (TPSA) is 67.2 Å². The molecule has 2 amide bonds. The van der Waals surface area contributed by atoms with Gasteiger partial charge in [0.25, 0.3) is 0 Å². The molecule has 0 aliphatic heterocycles. The summed E-state index contributed by atoms with van der Waals surface area (Å²) in [7, 11) is 0. The Morgan fingerprint density at radius 3 is 2.58 bits per heavy atom. The molecule has 0 aliphatic rings. The number of hydrogen-bond donors (Lipinski definition) is 3. The number of nitrogen functional groups attached to an aromatic ring is 1. The third-order valence-corrected chi connectivity index (χ3v) is 2.75. The van der Waals surface area contributed by atoms with Crippen LogP contribution in [0.2, 0.25) is 0 Å². The van der Waals surface area contributed by atoms with Gasteiger partial charge >= 0.3 is 6.03 Å². The lowest BCUT2D eigenvalue weighted by Crippen LogP contribution is -2.28. The second-order valence-electron chi connectivity index (χ2n) is 4.38. The van der Waals surface area contributed by atoms with Crippen molar-refractivity contribution in [2.24, 2.45) is 0 Å². The van der Waals surface area contributed by atoms with Crippen LogP contribution in [-0.2, 0) is 6.54 Å². The van der Waals surface area contributed by atoms with Crippen molar-refractivity contribution >= 4 is 17.4 Å². The Balaban J connectivity index is 1.91. The molecular weight excluding hydrogens is 238 g/mol. The zero-order chi connectivity index (χ0) is 13.7. The molecule has 0 saturated heterocycles. The van der Waals surface area contributed by atoms with Gasteiger partial charge in [-0.25, -0.2) is 4.79 Å². The Labute approximate surface area is 112 Å². The van der Waals surface area contributed by atoms with Gasteiger partial charge < -0.3 is 16.4 Å². The van der Waals surface area contributed by atoms with Crippen LogP contribution < -0.4 is 16.4 Å². The Kier molecular flexibility index (Phi) is 4.03. The van der Waals surface area contributed by atoms with Crippen molar-refractivity contribution in [2.75, 3.05) is 11.1 Å². The van der Waals surface area contributed by atoms with Crippen LogP contribution in [0.1, 0.15) is 11.1 Å². The van der Waals surface area contributed by atoms with Crippen molar-refractivity contribution in [1.29, 1.82) is 0 Å². The number of carbonyl (C=O) groups excluding carboxylic acids is 1. The summed E-state index contributed by atoms with van der Waals surface area (Å²) in [6.07, 6.45) is 0. The Hall–Kier alpha value is -2.49.